The van der Waals surface area contributed by atoms with E-state index in [1.54, 1.807) is 19.2 Å². The number of nitrogens with zero attached hydrogens (tertiary/aromatic N) is 2. The molecule has 6 heteroatoms. The number of aryl methyl sites for hydroxylation is 1. The number of aromatic nitrogens is 3. The Morgan fingerprint density at radius 3 is 2.80 bits per heavy atom. The third-order valence-corrected chi connectivity index (χ3v) is 4.20. The molecule has 0 radical (unpaired) electrons. The first-order valence-corrected chi connectivity index (χ1v) is 7.94. The normalized spacial score (nSPS) is 11.1. The van der Waals surface area contributed by atoms with Gasteiger partial charge in [0.2, 0.25) is 5.91 Å². The number of carbonyl (C=O) groups excluding carboxylic acids is 1. The van der Waals surface area contributed by atoms with E-state index in [9.17, 15) is 9.59 Å². The van der Waals surface area contributed by atoms with Crippen LogP contribution in [0.3, 0.4) is 0 Å². The van der Waals surface area contributed by atoms with Crippen LogP contribution in [0.4, 0.5) is 5.69 Å². The standard InChI is InChI=1S/C19H16N4O2/c1-23-19(25)15-5-3-2-4-14(15)17(22-23)11-18(24)21-13-6-7-16-12(10-13)8-9-20-16/h2-10,20H,11H2,1H3,(H,21,24). The fourth-order valence-corrected chi connectivity index (χ4v) is 2.99. The molecule has 0 aliphatic rings. The molecule has 2 heterocycles. The summed E-state index contributed by atoms with van der Waals surface area (Å²) in [6, 6.07) is 14.8. The maximum atomic E-state index is 12.4. The van der Waals surface area contributed by atoms with Crippen LogP contribution in [0.15, 0.2) is 59.5 Å². The summed E-state index contributed by atoms with van der Waals surface area (Å²) in [5.74, 6) is -0.175. The summed E-state index contributed by atoms with van der Waals surface area (Å²) in [6.07, 6.45) is 1.95. The molecule has 0 aliphatic carbocycles. The predicted molar refractivity (Wildman–Crippen MR) is 97.6 cm³/mol. The molecule has 124 valence electrons. The highest BCUT2D eigenvalue weighted by atomic mass is 16.1. The smallest absolute Gasteiger partial charge is 0.274 e. The van der Waals surface area contributed by atoms with Crippen molar-refractivity contribution in [2.75, 3.05) is 5.32 Å². The number of fused-ring (bicyclic) bond motifs is 2. The van der Waals surface area contributed by atoms with Crippen molar-refractivity contribution in [2.24, 2.45) is 7.05 Å². The summed E-state index contributed by atoms with van der Waals surface area (Å²) >= 11 is 0. The van der Waals surface area contributed by atoms with Gasteiger partial charge in [0.15, 0.2) is 0 Å². The third kappa shape index (κ3) is 2.78. The molecule has 0 saturated carbocycles. The molecule has 0 atom stereocenters. The summed E-state index contributed by atoms with van der Waals surface area (Å²) in [4.78, 5) is 27.7. The van der Waals surface area contributed by atoms with Gasteiger partial charge in [-0.2, -0.15) is 5.10 Å². The molecule has 6 nitrogen and oxygen atoms in total. The van der Waals surface area contributed by atoms with Crippen LogP contribution in [-0.2, 0) is 18.3 Å². The molecule has 0 unspecified atom stereocenters. The topological polar surface area (TPSA) is 79.8 Å². The van der Waals surface area contributed by atoms with Gasteiger partial charge in [0.1, 0.15) is 0 Å². The Balaban J connectivity index is 1.63. The Kier molecular flexibility index (Phi) is 3.57. The quantitative estimate of drug-likeness (QED) is 0.605. The highest BCUT2D eigenvalue weighted by molar-refractivity contribution is 5.97. The van der Waals surface area contributed by atoms with Gasteiger partial charge in [-0.15, -0.1) is 0 Å². The lowest BCUT2D eigenvalue weighted by molar-refractivity contribution is -0.115. The fourth-order valence-electron chi connectivity index (χ4n) is 2.99. The minimum atomic E-state index is -0.175. The fraction of sp³-hybridized carbons (Fsp3) is 0.105. The molecule has 0 aliphatic heterocycles. The summed E-state index contributed by atoms with van der Waals surface area (Å²) < 4.78 is 1.27. The van der Waals surface area contributed by atoms with Gasteiger partial charge in [0.25, 0.3) is 5.56 Å². The maximum Gasteiger partial charge on any atom is 0.274 e. The number of carbonyl (C=O) groups is 1. The molecule has 0 spiro atoms. The van der Waals surface area contributed by atoms with E-state index in [4.69, 9.17) is 0 Å². The van der Waals surface area contributed by atoms with Crippen molar-refractivity contribution < 1.29 is 4.79 Å². The number of aromatic amines is 1. The zero-order valence-electron chi connectivity index (χ0n) is 13.6. The molecule has 4 rings (SSSR count). The van der Waals surface area contributed by atoms with Crippen molar-refractivity contribution in [1.82, 2.24) is 14.8 Å². The monoisotopic (exact) mass is 332 g/mol. The summed E-state index contributed by atoms with van der Waals surface area (Å²) in [5.41, 5.74) is 2.16. The van der Waals surface area contributed by atoms with Gasteiger partial charge in [-0.3, -0.25) is 9.59 Å². The minimum absolute atomic E-state index is 0.0970. The number of hydrogen-bond donors (Lipinski definition) is 2. The first-order valence-electron chi connectivity index (χ1n) is 7.94. The second kappa shape index (κ2) is 5.90. The summed E-state index contributed by atoms with van der Waals surface area (Å²) in [5, 5.41) is 9.46. The lowest BCUT2D eigenvalue weighted by Crippen LogP contribution is -2.24. The average molecular weight is 332 g/mol. The van der Waals surface area contributed by atoms with Crippen LogP contribution >= 0.6 is 0 Å². The average Bonchev–Trinajstić information content (AvgIpc) is 3.07. The van der Waals surface area contributed by atoms with E-state index in [1.165, 1.54) is 4.68 Å². The Hall–Kier alpha value is -3.41. The number of nitrogens with one attached hydrogen (secondary N) is 2. The van der Waals surface area contributed by atoms with Crippen LogP contribution in [-0.4, -0.2) is 20.7 Å². The number of H-pyrrole nitrogens is 1. The number of benzene rings is 2. The Morgan fingerprint density at radius 2 is 1.96 bits per heavy atom. The van der Waals surface area contributed by atoms with Crippen LogP contribution in [0.1, 0.15) is 5.69 Å². The largest absolute Gasteiger partial charge is 0.361 e. The molecular formula is C19H16N4O2. The number of amides is 1. The van der Waals surface area contributed by atoms with Crippen LogP contribution < -0.4 is 10.9 Å². The van der Waals surface area contributed by atoms with E-state index in [1.807, 2.05) is 42.6 Å². The van der Waals surface area contributed by atoms with Crippen LogP contribution in [0.2, 0.25) is 0 Å². The van der Waals surface area contributed by atoms with Crippen LogP contribution in [0.5, 0.6) is 0 Å². The van der Waals surface area contributed by atoms with Crippen LogP contribution in [0, 0.1) is 0 Å². The van der Waals surface area contributed by atoms with E-state index >= 15 is 0 Å². The Bertz CT molecular complexity index is 1160. The van der Waals surface area contributed by atoms with Crippen LogP contribution in [0.25, 0.3) is 21.7 Å². The van der Waals surface area contributed by atoms with E-state index < -0.39 is 0 Å². The van der Waals surface area contributed by atoms with E-state index in [2.05, 4.69) is 15.4 Å². The lowest BCUT2D eigenvalue weighted by atomic mass is 10.1. The summed E-state index contributed by atoms with van der Waals surface area (Å²) in [6.45, 7) is 0. The molecule has 2 aromatic heterocycles. The van der Waals surface area contributed by atoms with E-state index in [-0.39, 0.29) is 17.9 Å². The van der Waals surface area contributed by atoms with Gasteiger partial charge in [-0.1, -0.05) is 18.2 Å². The van der Waals surface area contributed by atoms with Crippen molar-refractivity contribution in [2.45, 2.75) is 6.42 Å². The SMILES string of the molecule is Cn1nc(CC(=O)Nc2ccc3[nH]ccc3c2)c2ccccc2c1=O. The van der Waals surface area contributed by atoms with E-state index in [0.29, 0.717) is 16.5 Å². The molecule has 25 heavy (non-hydrogen) atoms. The second-order valence-corrected chi connectivity index (χ2v) is 5.93. The third-order valence-electron chi connectivity index (χ3n) is 4.20. The summed E-state index contributed by atoms with van der Waals surface area (Å²) in [7, 11) is 1.59. The highest BCUT2D eigenvalue weighted by Crippen LogP contribution is 2.19. The van der Waals surface area contributed by atoms with Gasteiger partial charge in [0, 0.05) is 35.2 Å². The molecule has 0 saturated heterocycles. The van der Waals surface area contributed by atoms with Crippen molar-refractivity contribution in [3.05, 3.63) is 70.8 Å². The highest BCUT2D eigenvalue weighted by Gasteiger charge is 2.12. The second-order valence-electron chi connectivity index (χ2n) is 5.93. The van der Waals surface area contributed by atoms with Gasteiger partial charge in [0.05, 0.1) is 17.5 Å². The first-order chi connectivity index (χ1) is 12.1. The molecule has 4 aromatic rings. The zero-order valence-corrected chi connectivity index (χ0v) is 13.6. The number of anilines is 1. The van der Waals surface area contributed by atoms with E-state index in [0.717, 1.165) is 16.6 Å². The maximum absolute atomic E-state index is 12.4. The minimum Gasteiger partial charge on any atom is -0.361 e. The molecule has 2 N–H and O–H groups in total. The van der Waals surface area contributed by atoms with Crippen molar-refractivity contribution >= 4 is 33.3 Å². The number of rotatable bonds is 3. The van der Waals surface area contributed by atoms with Crippen molar-refractivity contribution in [3.63, 3.8) is 0 Å². The molecule has 1 amide bonds. The van der Waals surface area contributed by atoms with Crippen molar-refractivity contribution in [1.29, 1.82) is 0 Å². The van der Waals surface area contributed by atoms with Gasteiger partial charge >= 0.3 is 0 Å². The molecule has 2 aromatic carbocycles. The van der Waals surface area contributed by atoms with Crippen molar-refractivity contribution in [3.8, 4) is 0 Å². The molecular weight excluding hydrogens is 316 g/mol. The predicted octanol–water partition coefficient (Wildman–Crippen LogP) is 2.60. The molecule has 0 bridgehead atoms. The van der Waals surface area contributed by atoms with Gasteiger partial charge in [-0.25, -0.2) is 4.68 Å². The lowest BCUT2D eigenvalue weighted by Gasteiger charge is -2.09. The van der Waals surface area contributed by atoms with Gasteiger partial charge in [-0.05, 0) is 30.3 Å². The zero-order chi connectivity index (χ0) is 17.4. The first kappa shape index (κ1) is 15.1. The Labute approximate surface area is 143 Å². The number of hydrogen-bond acceptors (Lipinski definition) is 3. The Morgan fingerprint density at radius 1 is 1.16 bits per heavy atom. The van der Waals surface area contributed by atoms with Gasteiger partial charge < -0.3 is 10.3 Å². The molecule has 0 fully saturated rings.